The Labute approximate surface area is 139 Å². The third kappa shape index (κ3) is 2.15. The minimum atomic E-state index is -0.359. The molecule has 0 aliphatic heterocycles. The molecular formula is C17H11FN6O. The third-order valence-corrected chi connectivity index (χ3v) is 4.08. The van der Waals surface area contributed by atoms with Crippen LogP contribution in [0.4, 0.5) is 4.39 Å². The average molecular weight is 334 g/mol. The van der Waals surface area contributed by atoms with E-state index in [1.54, 1.807) is 41.3 Å². The lowest BCUT2D eigenvalue weighted by Gasteiger charge is -2.07. The Kier molecular flexibility index (Phi) is 2.69. The maximum absolute atomic E-state index is 13.8. The Morgan fingerprint density at radius 1 is 1.00 bits per heavy atom. The molecule has 0 aliphatic rings. The molecule has 0 saturated heterocycles. The van der Waals surface area contributed by atoms with Crippen molar-refractivity contribution in [2.45, 2.75) is 0 Å². The van der Waals surface area contributed by atoms with Crippen LogP contribution in [-0.2, 0) is 0 Å². The molecule has 0 fully saturated rings. The van der Waals surface area contributed by atoms with Crippen LogP contribution in [0, 0.1) is 5.82 Å². The number of fused-ring (bicyclic) bond motifs is 2. The Bertz CT molecular complexity index is 1220. The first-order valence-electron chi connectivity index (χ1n) is 7.59. The molecule has 0 radical (unpaired) electrons. The number of rotatable bonds is 2. The summed E-state index contributed by atoms with van der Waals surface area (Å²) in [6.07, 6.45) is 3.44. The molecule has 0 unspecified atom stereocenters. The van der Waals surface area contributed by atoms with E-state index in [-0.39, 0.29) is 11.5 Å². The van der Waals surface area contributed by atoms with Gasteiger partial charge < -0.3 is 15.0 Å². The van der Waals surface area contributed by atoms with Crippen molar-refractivity contribution < 1.29 is 4.39 Å². The molecule has 3 aromatic heterocycles. The van der Waals surface area contributed by atoms with E-state index >= 15 is 0 Å². The predicted octanol–water partition coefficient (Wildman–Crippen LogP) is 2.72. The number of H-pyrrole nitrogens is 3. The molecule has 2 aromatic carbocycles. The van der Waals surface area contributed by atoms with Gasteiger partial charge in [-0.3, -0.25) is 0 Å². The monoisotopic (exact) mass is 334 g/mol. The fourth-order valence-electron chi connectivity index (χ4n) is 2.98. The highest BCUT2D eigenvalue weighted by molar-refractivity contribution is 5.92. The molecule has 5 rings (SSSR count). The van der Waals surface area contributed by atoms with Gasteiger partial charge >= 0.3 is 5.69 Å². The number of aromatic nitrogens is 6. The third-order valence-electron chi connectivity index (χ3n) is 4.08. The molecular weight excluding hydrogens is 323 g/mol. The predicted molar refractivity (Wildman–Crippen MR) is 91.1 cm³/mol. The molecule has 0 spiro atoms. The number of nitrogens with one attached hydrogen (secondary N) is 3. The normalized spacial score (nSPS) is 11.6. The van der Waals surface area contributed by atoms with Gasteiger partial charge in [-0.05, 0) is 36.4 Å². The van der Waals surface area contributed by atoms with Crippen LogP contribution >= 0.6 is 0 Å². The Morgan fingerprint density at radius 2 is 1.84 bits per heavy atom. The SMILES string of the molecule is O=c1[nH]c2cc3nc(-c4cc(F)ccc4-n4cccn4)[nH]c3cc2[nH]1. The number of halogens is 1. The summed E-state index contributed by atoms with van der Waals surface area (Å²) in [7, 11) is 0. The molecule has 122 valence electrons. The zero-order valence-electron chi connectivity index (χ0n) is 12.7. The molecule has 0 aliphatic carbocycles. The molecule has 5 aromatic rings. The summed E-state index contributed by atoms with van der Waals surface area (Å²) in [5.41, 5.74) is 3.80. The van der Waals surface area contributed by atoms with Crippen molar-refractivity contribution in [2.24, 2.45) is 0 Å². The van der Waals surface area contributed by atoms with E-state index in [2.05, 4.69) is 25.0 Å². The van der Waals surface area contributed by atoms with Crippen LogP contribution in [0.15, 0.2) is 53.6 Å². The van der Waals surface area contributed by atoms with Crippen molar-refractivity contribution in [3.63, 3.8) is 0 Å². The van der Waals surface area contributed by atoms with E-state index < -0.39 is 0 Å². The van der Waals surface area contributed by atoms with Gasteiger partial charge in [-0.15, -0.1) is 0 Å². The fourth-order valence-corrected chi connectivity index (χ4v) is 2.98. The van der Waals surface area contributed by atoms with Crippen molar-refractivity contribution >= 4 is 22.1 Å². The summed E-state index contributed by atoms with van der Waals surface area (Å²) < 4.78 is 15.5. The quantitative estimate of drug-likeness (QED) is 0.463. The topological polar surface area (TPSA) is 95.2 Å². The molecule has 0 atom stereocenters. The first-order chi connectivity index (χ1) is 12.2. The van der Waals surface area contributed by atoms with Gasteiger partial charge in [0.1, 0.15) is 11.6 Å². The smallest absolute Gasteiger partial charge is 0.323 e. The molecule has 0 amide bonds. The van der Waals surface area contributed by atoms with Crippen LogP contribution in [0.2, 0.25) is 0 Å². The highest BCUT2D eigenvalue weighted by atomic mass is 19.1. The van der Waals surface area contributed by atoms with Gasteiger partial charge in [0.15, 0.2) is 0 Å². The highest BCUT2D eigenvalue weighted by Gasteiger charge is 2.14. The first-order valence-corrected chi connectivity index (χ1v) is 7.59. The number of benzene rings is 2. The number of hydrogen-bond donors (Lipinski definition) is 3. The number of imidazole rings is 2. The van der Waals surface area contributed by atoms with Crippen LogP contribution in [0.25, 0.3) is 39.1 Å². The van der Waals surface area contributed by atoms with E-state index in [1.165, 1.54) is 12.1 Å². The van der Waals surface area contributed by atoms with Crippen molar-refractivity contribution in [1.82, 2.24) is 29.7 Å². The van der Waals surface area contributed by atoms with E-state index in [0.717, 1.165) is 5.52 Å². The zero-order valence-corrected chi connectivity index (χ0v) is 12.7. The largest absolute Gasteiger partial charge is 0.338 e. The van der Waals surface area contributed by atoms with Crippen molar-refractivity contribution in [1.29, 1.82) is 0 Å². The molecule has 3 heterocycles. The number of hydrogen-bond acceptors (Lipinski definition) is 3. The Hall–Kier alpha value is -3.68. The van der Waals surface area contributed by atoms with Gasteiger partial charge in [0.2, 0.25) is 0 Å². The molecule has 0 bridgehead atoms. The second-order valence-electron chi connectivity index (χ2n) is 5.69. The Balaban J connectivity index is 1.75. The standard InChI is InChI=1S/C17H11FN6O/c18-9-2-3-15(24-5-1-4-19-24)10(6-9)16-20-11-7-13-14(8-12(11)21-16)23-17(25)22-13/h1-8H,(H,20,21)(H2,22,23,25). The van der Waals surface area contributed by atoms with Crippen LogP contribution in [-0.4, -0.2) is 29.7 Å². The molecule has 3 N–H and O–H groups in total. The second-order valence-corrected chi connectivity index (χ2v) is 5.69. The van der Waals surface area contributed by atoms with Crippen molar-refractivity contribution in [3.8, 4) is 17.1 Å². The molecule has 0 saturated carbocycles. The van der Waals surface area contributed by atoms with Gasteiger partial charge in [-0.2, -0.15) is 5.10 Å². The van der Waals surface area contributed by atoms with Gasteiger partial charge in [0.25, 0.3) is 0 Å². The zero-order chi connectivity index (χ0) is 17.0. The lowest BCUT2D eigenvalue weighted by molar-refractivity contribution is 0.627. The van der Waals surface area contributed by atoms with E-state index in [1.807, 2.05) is 0 Å². The van der Waals surface area contributed by atoms with Gasteiger partial charge in [-0.1, -0.05) is 0 Å². The van der Waals surface area contributed by atoms with E-state index in [0.29, 0.717) is 33.6 Å². The van der Waals surface area contributed by atoms with Crippen LogP contribution in [0.3, 0.4) is 0 Å². The van der Waals surface area contributed by atoms with Gasteiger partial charge in [0, 0.05) is 18.0 Å². The number of nitrogens with zero attached hydrogens (tertiary/aromatic N) is 3. The van der Waals surface area contributed by atoms with E-state index in [4.69, 9.17) is 0 Å². The summed E-state index contributed by atoms with van der Waals surface area (Å²) in [6.45, 7) is 0. The summed E-state index contributed by atoms with van der Waals surface area (Å²) in [5, 5.41) is 4.21. The van der Waals surface area contributed by atoms with Crippen molar-refractivity contribution in [2.75, 3.05) is 0 Å². The van der Waals surface area contributed by atoms with Gasteiger partial charge in [-0.25, -0.2) is 18.9 Å². The Morgan fingerprint density at radius 3 is 2.64 bits per heavy atom. The summed E-state index contributed by atoms with van der Waals surface area (Å²) in [5.74, 6) is 0.165. The summed E-state index contributed by atoms with van der Waals surface area (Å²) in [4.78, 5) is 24.6. The summed E-state index contributed by atoms with van der Waals surface area (Å²) in [6, 6.07) is 9.83. The molecule has 8 heteroatoms. The second kappa shape index (κ2) is 4.91. The lowest BCUT2D eigenvalue weighted by atomic mass is 10.1. The fraction of sp³-hybridized carbons (Fsp3) is 0. The molecule has 7 nitrogen and oxygen atoms in total. The van der Waals surface area contributed by atoms with Crippen LogP contribution in [0.5, 0.6) is 0 Å². The minimum Gasteiger partial charge on any atom is -0.338 e. The molecule has 25 heavy (non-hydrogen) atoms. The lowest BCUT2D eigenvalue weighted by Crippen LogP contribution is -1.99. The highest BCUT2D eigenvalue weighted by Crippen LogP contribution is 2.28. The summed E-state index contributed by atoms with van der Waals surface area (Å²) >= 11 is 0. The van der Waals surface area contributed by atoms with Crippen LogP contribution in [0.1, 0.15) is 0 Å². The maximum Gasteiger partial charge on any atom is 0.323 e. The van der Waals surface area contributed by atoms with Gasteiger partial charge in [0.05, 0.1) is 27.8 Å². The minimum absolute atomic E-state index is 0.269. The van der Waals surface area contributed by atoms with Crippen LogP contribution < -0.4 is 5.69 Å². The maximum atomic E-state index is 13.8. The van der Waals surface area contributed by atoms with E-state index in [9.17, 15) is 9.18 Å². The first kappa shape index (κ1) is 13.7. The average Bonchev–Trinajstić information content (AvgIpc) is 3.30. The van der Waals surface area contributed by atoms with Crippen molar-refractivity contribution in [3.05, 3.63) is 65.1 Å². The number of aromatic amines is 3.